The fourth-order valence-electron chi connectivity index (χ4n) is 3.02. The summed E-state index contributed by atoms with van der Waals surface area (Å²) in [4.78, 5) is -0.106. The summed E-state index contributed by atoms with van der Waals surface area (Å²) in [5, 5.41) is 0. The first kappa shape index (κ1) is 23.0. The SMILES string of the molecule is CCCCCCCCCCCCCCCOc1ccc(S(=O)(=O)O)cc1. The molecule has 0 fully saturated rings. The molecule has 0 aliphatic carbocycles. The average Bonchev–Trinajstić information content (AvgIpc) is 2.61. The number of hydrogen-bond donors (Lipinski definition) is 1. The van der Waals surface area contributed by atoms with Crippen molar-refractivity contribution in [3.8, 4) is 5.75 Å². The Morgan fingerprint density at radius 2 is 1.15 bits per heavy atom. The predicted octanol–water partition coefficient (Wildman–Crippen LogP) is 6.40. The van der Waals surface area contributed by atoms with Crippen LogP contribution in [0.2, 0.25) is 0 Å². The molecule has 1 rings (SSSR count). The van der Waals surface area contributed by atoms with Crippen LogP contribution >= 0.6 is 0 Å². The van der Waals surface area contributed by atoms with E-state index in [1.54, 1.807) is 12.1 Å². The zero-order chi connectivity index (χ0) is 19.1. The van der Waals surface area contributed by atoms with E-state index in [9.17, 15) is 8.42 Å². The van der Waals surface area contributed by atoms with E-state index in [0.717, 1.165) is 6.42 Å². The van der Waals surface area contributed by atoms with Gasteiger partial charge in [0.05, 0.1) is 11.5 Å². The van der Waals surface area contributed by atoms with Gasteiger partial charge in [-0.3, -0.25) is 4.55 Å². The van der Waals surface area contributed by atoms with E-state index >= 15 is 0 Å². The third kappa shape index (κ3) is 11.5. The number of unbranched alkanes of at least 4 members (excludes halogenated alkanes) is 12. The molecule has 0 aromatic heterocycles. The van der Waals surface area contributed by atoms with Crippen molar-refractivity contribution < 1.29 is 17.7 Å². The van der Waals surface area contributed by atoms with Crippen LogP contribution in [0.25, 0.3) is 0 Å². The predicted molar refractivity (Wildman–Crippen MR) is 107 cm³/mol. The molecule has 0 unspecified atom stereocenters. The molecule has 4 nitrogen and oxygen atoms in total. The molecule has 0 radical (unpaired) electrons. The van der Waals surface area contributed by atoms with E-state index in [4.69, 9.17) is 9.29 Å². The minimum Gasteiger partial charge on any atom is -0.494 e. The summed E-state index contributed by atoms with van der Waals surface area (Å²) in [6, 6.07) is 5.86. The Morgan fingerprint density at radius 1 is 0.731 bits per heavy atom. The van der Waals surface area contributed by atoms with Crippen molar-refractivity contribution in [1.82, 2.24) is 0 Å². The van der Waals surface area contributed by atoms with Crippen molar-refractivity contribution in [2.24, 2.45) is 0 Å². The van der Waals surface area contributed by atoms with Crippen LogP contribution in [0.1, 0.15) is 90.4 Å². The molecule has 0 atom stereocenters. The lowest BCUT2D eigenvalue weighted by molar-refractivity contribution is 0.304. The number of hydrogen-bond acceptors (Lipinski definition) is 3. The maximum atomic E-state index is 11.0. The molecule has 0 bridgehead atoms. The van der Waals surface area contributed by atoms with Gasteiger partial charge in [-0.15, -0.1) is 0 Å². The van der Waals surface area contributed by atoms with Gasteiger partial charge in [0.1, 0.15) is 5.75 Å². The van der Waals surface area contributed by atoms with Crippen molar-refractivity contribution >= 4 is 10.1 Å². The molecule has 0 heterocycles. The fourth-order valence-corrected chi connectivity index (χ4v) is 3.50. The second-order valence-electron chi connectivity index (χ2n) is 7.04. The highest BCUT2D eigenvalue weighted by Gasteiger charge is 2.08. The minimum atomic E-state index is -4.12. The van der Waals surface area contributed by atoms with Gasteiger partial charge in [-0.25, -0.2) is 0 Å². The zero-order valence-corrected chi connectivity index (χ0v) is 17.1. The lowest BCUT2D eigenvalue weighted by Gasteiger charge is -2.07. The molecule has 1 N–H and O–H groups in total. The molecule has 0 saturated heterocycles. The van der Waals surface area contributed by atoms with Gasteiger partial charge in [0, 0.05) is 0 Å². The molecule has 0 spiro atoms. The summed E-state index contributed by atoms with van der Waals surface area (Å²) < 4.78 is 36.4. The van der Waals surface area contributed by atoms with Crippen LogP contribution in [0.15, 0.2) is 29.2 Å². The molecule has 26 heavy (non-hydrogen) atoms. The molecule has 0 aliphatic rings. The van der Waals surface area contributed by atoms with Crippen LogP contribution in [-0.4, -0.2) is 19.6 Å². The standard InChI is InChI=1S/C21H36O4S/c1-2-3-4-5-6-7-8-9-10-11-12-13-14-19-25-20-15-17-21(18-16-20)26(22,23)24/h15-18H,2-14,19H2,1H3,(H,22,23,24). The fraction of sp³-hybridized carbons (Fsp3) is 0.714. The van der Waals surface area contributed by atoms with E-state index < -0.39 is 10.1 Å². The second kappa shape index (κ2) is 14.0. The molecule has 0 aliphatic heterocycles. The monoisotopic (exact) mass is 384 g/mol. The van der Waals surface area contributed by atoms with Crippen LogP contribution in [0.3, 0.4) is 0 Å². The summed E-state index contributed by atoms with van der Waals surface area (Å²) in [5.74, 6) is 0.635. The first-order valence-electron chi connectivity index (χ1n) is 10.2. The maximum Gasteiger partial charge on any atom is 0.294 e. The van der Waals surface area contributed by atoms with Crippen molar-refractivity contribution in [3.05, 3.63) is 24.3 Å². The van der Waals surface area contributed by atoms with Gasteiger partial charge in [0.25, 0.3) is 10.1 Å². The van der Waals surface area contributed by atoms with Crippen LogP contribution < -0.4 is 4.74 Å². The van der Waals surface area contributed by atoms with Gasteiger partial charge in [-0.05, 0) is 30.7 Å². The molecular formula is C21H36O4S. The molecule has 0 amide bonds. The lowest BCUT2D eigenvalue weighted by atomic mass is 10.0. The first-order valence-corrected chi connectivity index (χ1v) is 11.7. The molecular weight excluding hydrogens is 348 g/mol. The third-order valence-corrected chi connectivity index (χ3v) is 5.51. The van der Waals surface area contributed by atoms with Gasteiger partial charge >= 0.3 is 0 Å². The highest BCUT2D eigenvalue weighted by molar-refractivity contribution is 7.85. The summed E-state index contributed by atoms with van der Waals surface area (Å²) in [7, 11) is -4.12. The molecule has 150 valence electrons. The van der Waals surface area contributed by atoms with E-state index in [2.05, 4.69) is 6.92 Å². The van der Waals surface area contributed by atoms with Gasteiger partial charge < -0.3 is 4.74 Å². The quantitative estimate of drug-likeness (QED) is 0.264. The highest BCUT2D eigenvalue weighted by atomic mass is 32.2. The summed E-state index contributed by atoms with van der Waals surface area (Å²) in [6.07, 6.45) is 17.2. The van der Waals surface area contributed by atoms with Gasteiger partial charge in [-0.2, -0.15) is 8.42 Å². The Kier molecular flexibility index (Phi) is 12.4. The summed E-state index contributed by atoms with van der Waals surface area (Å²) in [5.41, 5.74) is 0. The Morgan fingerprint density at radius 3 is 1.58 bits per heavy atom. The molecule has 1 aromatic rings. The molecule has 1 aromatic carbocycles. The van der Waals surface area contributed by atoms with Crippen LogP contribution in [0.5, 0.6) is 5.75 Å². The Bertz CT molecular complexity index is 552. The zero-order valence-electron chi connectivity index (χ0n) is 16.3. The van der Waals surface area contributed by atoms with Crippen LogP contribution in [0, 0.1) is 0 Å². The van der Waals surface area contributed by atoms with Crippen LogP contribution in [-0.2, 0) is 10.1 Å². The topological polar surface area (TPSA) is 63.6 Å². The van der Waals surface area contributed by atoms with E-state index in [0.29, 0.717) is 12.4 Å². The number of rotatable bonds is 16. The van der Waals surface area contributed by atoms with Gasteiger partial charge in [0.15, 0.2) is 0 Å². The lowest BCUT2D eigenvalue weighted by Crippen LogP contribution is -2.00. The van der Waals surface area contributed by atoms with Crippen molar-refractivity contribution in [2.45, 2.75) is 95.3 Å². The Balaban J connectivity index is 1.90. The Labute approximate surface area is 160 Å². The molecule has 0 saturated carbocycles. The first-order chi connectivity index (χ1) is 12.5. The second-order valence-corrected chi connectivity index (χ2v) is 8.46. The van der Waals surface area contributed by atoms with Gasteiger partial charge in [0.2, 0.25) is 0 Å². The maximum absolute atomic E-state index is 11.0. The summed E-state index contributed by atoms with van der Waals surface area (Å²) >= 11 is 0. The third-order valence-electron chi connectivity index (χ3n) is 4.64. The van der Waals surface area contributed by atoms with E-state index in [-0.39, 0.29) is 4.90 Å². The summed E-state index contributed by atoms with van der Waals surface area (Å²) in [6.45, 7) is 2.90. The number of benzene rings is 1. The van der Waals surface area contributed by atoms with Crippen molar-refractivity contribution in [3.63, 3.8) is 0 Å². The average molecular weight is 385 g/mol. The normalized spacial score (nSPS) is 11.6. The minimum absolute atomic E-state index is 0.106. The van der Waals surface area contributed by atoms with E-state index in [1.807, 2.05) is 0 Å². The largest absolute Gasteiger partial charge is 0.494 e. The highest BCUT2D eigenvalue weighted by Crippen LogP contribution is 2.16. The van der Waals surface area contributed by atoms with Gasteiger partial charge in [-0.1, -0.05) is 84.0 Å². The number of ether oxygens (including phenoxy) is 1. The van der Waals surface area contributed by atoms with E-state index in [1.165, 1.54) is 89.2 Å². The molecule has 5 heteroatoms. The Hall–Kier alpha value is -1.07. The van der Waals surface area contributed by atoms with Crippen molar-refractivity contribution in [2.75, 3.05) is 6.61 Å². The smallest absolute Gasteiger partial charge is 0.294 e. The van der Waals surface area contributed by atoms with Crippen molar-refractivity contribution in [1.29, 1.82) is 0 Å². The van der Waals surface area contributed by atoms with Crippen LogP contribution in [0.4, 0.5) is 0 Å².